The van der Waals surface area contributed by atoms with Crippen molar-refractivity contribution in [3.8, 4) is 0 Å². The van der Waals surface area contributed by atoms with E-state index in [1.165, 1.54) is 12.7 Å². The molecule has 2 rings (SSSR count). The van der Waals surface area contributed by atoms with Gasteiger partial charge in [0.1, 0.15) is 0 Å². The van der Waals surface area contributed by atoms with E-state index in [2.05, 4.69) is 22.0 Å². The Labute approximate surface area is 133 Å². The van der Waals surface area contributed by atoms with Crippen molar-refractivity contribution in [2.45, 2.75) is 13.0 Å². The molecule has 0 aliphatic carbocycles. The number of hydrogen-bond acceptors (Lipinski definition) is 2. The van der Waals surface area contributed by atoms with E-state index in [-0.39, 0.29) is 6.09 Å². The van der Waals surface area contributed by atoms with Crippen LogP contribution in [-0.2, 0) is 17.7 Å². The first kappa shape index (κ1) is 15.6. The number of benzene rings is 2. The minimum atomic E-state index is -0.300. The molecule has 0 saturated heterocycles. The Balaban J connectivity index is 2.03. The standard InChI is InChI=1S/C17H18BrNO2/c1-21-17(20)19(13-14-7-3-2-4-8-14)12-11-15-9-5-6-10-16(15)18/h2-10H,11-13H2,1H3. The van der Waals surface area contributed by atoms with E-state index in [0.29, 0.717) is 13.1 Å². The second kappa shape index (κ2) is 7.84. The van der Waals surface area contributed by atoms with Crippen LogP contribution in [-0.4, -0.2) is 24.6 Å². The molecular weight excluding hydrogens is 330 g/mol. The Morgan fingerprint density at radius 2 is 1.76 bits per heavy atom. The summed E-state index contributed by atoms with van der Waals surface area (Å²) in [6, 6.07) is 18.0. The number of methoxy groups -OCH3 is 1. The highest BCUT2D eigenvalue weighted by molar-refractivity contribution is 9.10. The van der Waals surface area contributed by atoms with Gasteiger partial charge >= 0.3 is 6.09 Å². The zero-order valence-corrected chi connectivity index (χ0v) is 13.5. The van der Waals surface area contributed by atoms with Gasteiger partial charge in [-0.25, -0.2) is 4.79 Å². The monoisotopic (exact) mass is 347 g/mol. The molecule has 21 heavy (non-hydrogen) atoms. The molecule has 0 aliphatic heterocycles. The van der Waals surface area contributed by atoms with Crippen LogP contribution in [0.5, 0.6) is 0 Å². The number of carbonyl (C=O) groups excluding carboxylic acids is 1. The Kier molecular flexibility index (Phi) is 5.81. The highest BCUT2D eigenvalue weighted by Crippen LogP contribution is 2.17. The van der Waals surface area contributed by atoms with Gasteiger partial charge in [0.25, 0.3) is 0 Å². The average Bonchev–Trinajstić information content (AvgIpc) is 2.53. The molecule has 0 atom stereocenters. The third-order valence-corrected chi connectivity index (χ3v) is 4.03. The van der Waals surface area contributed by atoms with Gasteiger partial charge in [-0.15, -0.1) is 0 Å². The van der Waals surface area contributed by atoms with Gasteiger partial charge in [0.05, 0.1) is 7.11 Å². The molecule has 0 radical (unpaired) electrons. The molecule has 2 aromatic carbocycles. The van der Waals surface area contributed by atoms with Gasteiger partial charge in [-0.05, 0) is 23.6 Å². The first-order valence-corrected chi connectivity index (χ1v) is 7.60. The highest BCUT2D eigenvalue weighted by atomic mass is 79.9. The molecule has 4 heteroatoms. The van der Waals surface area contributed by atoms with Crippen LogP contribution in [0.3, 0.4) is 0 Å². The lowest BCUT2D eigenvalue weighted by Gasteiger charge is -2.21. The van der Waals surface area contributed by atoms with Crippen molar-refractivity contribution < 1.29 is 9.53 Å². The zero-order chi connectivity index (χ0) is 15.1. The lowest BCUT2D eigenvalue weighted by atomic mass is 10.1. The average molecular weight is 348 g/mol. The van der Waals surface area contributed by atoms with Crippen molar-refractivity contribution in [3.63, 3.8) is 0 Å². The van der Waals surface area contributed by atoms with Crippen LogP contribution < -0.4 is 0 Å². The minimum Gasteiger partial charge on any atom is -0.453 e. The fourth-order valence-corrected chi connectivity index (χ4v) is 2.61. The Bertz CT molecular complexity index is 586. The SMILES string of the molecule is COC(=O)N(CCc1ccccc1Br)Cc1ccccc1. The maximum absolute atomic E-state index is 11.9. The molecule has 0 saturated carbocycles. The number of halogens is 1. The van der Waals surface area contributed by atoms with E-state index in [0.717, 1.165) is 16.5 Å². The first-order chi connectivity index (χ1) is 10.2. The van der Waals surface area contributed by atoms with Crippen LogP contribution in [0, 0.1) is 0 Å². The molecule has 0 heterocycles. The van der Waals surface area contributed by atoms with Crippen LogP contribution in [0.4, 0.5) is 4.79 Å². The normalized spacial score (nSPS) is 10.2. The summed E-state index contributed by atoms with van der Waals surface area (Å²) in [5.74, 6) is 0. The summed E-state index contributed by atoms with van der Waals surface area (Å²) in [6.07, 6.45) is 0.481. The smallest absolute Gasteiger partial charge is 0.409 e. The number of rotatable bonds is 5. The maximum Gasteiger partial charge on any atom is 0.409 e. The van der Waals surface area contributed by atoms with E-state index in [1.807, 2.05) is 48.5 Å². The predicted molar refractivity (Wildman–Crippen MR) is 87.1 cm³/mol. The van der Waals surface area contributed by atoms with Gasteiger partial charge in [0, 0.05) is 17.6 Å². The lowest BCUT2D eigenvalue weighted by molar-refractivity contribution is 0.121. The van der Waals surface area contributed by atoms with Crippen LogP contribution in [0.2, 0.25) is 0 Å². The largest absolute Gasteiger partial charge is 0.453 e. The Morgan fingerprint density at radius 3 is 2.43 bits per heavy atom. The predicted octanol–water partition coefficient (Wildman–Crippen LogP) is 4.26. The number of hydrogen-bond donors (Lipinski definition) is 0. The molecule has 0 aliphatic rings. The van der Waals surface area contributed by atoms with E-state index >= 15 is 0 Å². The molecule has 0 aromatic heterocycles. The summed E-state index contributed by atoms with van der Waals surface area (Å²) in [4.78, 5) is 13.6. The highest BCUT2D eigenvalue weighted by Gasteiger charge is 2.14. The summed E-state index contributed by atoms with van der Waals surface area (Å²) < 4.78 is 5.94. The summed E-state index contributed by atoms with van der Waals surface area (Å²) >= 11 is 3.53. The quantitative estimate of drug-likeness (QED) is 0.808. The maximum atomic E-state index is 11.9. The van der Waals surface area contributed by atoms with Gasteiger partial charge in [0.2, 0.25) is 0 Å². The molecule has 0 N–H and O–H groups in total. The molecule has 0 fully saturated rings. The van der Waals surface area contributed by atoms with Gasteiger partial charge in [-0.2, -0.15) is 0 Å². The number of amides is 1. The number of nitrogens with zero attached hydrogens (tertiary/aromatic N) is 1. The van der Waals surface area contributed by atoms with Crippen molar-refractivity contribution in [1.82, 2.24) is 4.90 Å². The topological polar surface area (TPSA) is 29.5 Å². The third kappa shape index (κ3) is 4.60. The van der Waals surface area contributed by atoms with Gasteiger partial charge in [0.15, 0.2) is 0 Å². The van der Waals surface area contributed by atoms with Gasteiger partial charge in [-0.1, -0.05) is 64.5 Å². The molecule has 1 amide bonds. The van der Waals surface area contributed by atoms with Crippen molar-refractivity contribution in [1.29, 1.82) is 0 Å². The third-order valence-electron chi connectivity index (χ3n) is 3.26. The van der Waals surface area contributed by atoms with E-state index in [9.17, 15) is 4.79 Å². The van der Waals surface area contributed by atoms with Crippen molar-refractivity contribution in [2.24, 2.45) is 0 Å². The lowest BCUT2D eigenvalue weighted by Crippen LogP contribution is -2.32. The molecule has 110 valence electrons. The van der Waals surface area contributed by atoms with Gasteiger partial charge < -0.3 is 9.64 Å². The van der Waals surface area contributed by atoms with Crippen LogP contribution in [0.1, 0.15) is 11.1 Å². The summed E-state index contributed by atoms with van der Waals surface area (Å²) in [5, 5.41) is 0. The van der Waals surface area contributed by atoms with Crippen LogP contribution >= 0.6 is 15.9 Å². The van der Waals surface area contributed by atoms with Crippen molar-refractivity contribution in [2.75, 3.05) is 13.7 Å². The molecule has 3 nitrogen and oxygen atoms in total. The Hall–Kier alpha value is -1.81. The molecular formula is C17H18BrNO2. The second-order valence-corrected chi connectivity index (χ2v) is 5.57. The molecule has 0 spiro atoms. The fourth-order valence-electron chi connectivity index (χ4n) is 2.12. The van der Waals surface area contributed by atoms with E-state index in [4.69, 9.17) is 4.74 Å². The van der Waals surface area contributed by atoms with Gasteiger partial charge in [-0.3, -0.25) is 0 Å². The van der Waals surface area contributed by atoms with E-state index in [1.54, 1.807) is 4.90 Å². The number of carbonyl (C=O) groups is 1. The summed E-state index contributed by atoms with van der Waals surface area (Å²) in [5.41, 5.74) is 2.27. The number of ether oxygens (including phenoxy) is 1. The second-order valence-electron chi connectivity index (χ2n) is 4.72. The van der Waals surface area contributed by atoms with Crippen molar-refractivity contribution >= 4 is 22.0 Å². The summed E-state index contributed by atoms with van der Waals surface area (Å²) in [7, 11) is 1.42. The zero-order valence-electron chi connectivity index (χ0n) is 12.0. The summed E-state index contributed by atoms with van der Waals surface area (Å²) in [6.45, 7) is 1.17. The van der Waals surface area contributed by atoms with E-state index < -0.39 is 0 Å². The molecule has 2 aromatic rings. The van der Waals surface area contributed by atoms with Crippen LogP contribution in [0.25, 0.3) is 0 Å². The fraction of sp³-hybridized carbons (Fsp3) is 0.235. The Morgan fingerprint density at radius 1 is 1.10 bits per heavy atom. The van der Waals surface area contributed by atoms with Crippen LogP contribution in [0.15, 0.2) is 59.1 Å². The first-order valence-electron chi connectivity index (χ1n) is 6.81. The molecule has 0 bridgehead atoms. The molecule has 0 unspecified atom stereocenters. The minimum absolute atomic E-state index is 0.300. The van der Waals surface area contributed by atoms with Crippen molar-refractivity contribution in [3.05, 3.63) is 70.2 Å².